The van der Waals surface area contributed by atoms with Crippen LogP contribution in [0, 0.1) is 0 Å². The minimum absolute atomic E-state index is 0.214. The van der Waals surface area contributed by atoms with E-state index in [1.165, 1.54) is 0 Å². The summed E-state index contributed by atoms with van der Waals surface area (Å²) in [6.45, 7) is 3.02. The number of aromatic nitrogens is 2. The first-order valence-electron chi connectivity index (χ1n) is 11.0. The number of amides is 1. The van der Waals surface area contributed by atoms with Gasteiger partial charge in [0.2, 0.25) is 9.84 Å². The summed E-state index contributed by atoms with van der Waals surface area (Å²) >= 11 is 0. The Bertz CT molecular complexity index is 1420. The fraction of sp³-hybridized carbons (Fsp3) is 0.200. The number of H-pyrrole nitrogens is 1. The molecule has 0 unspecified atom stereocenters. The Morgan fingerprint density at radius 3 is 2.59 bits per heavy atom. The predicted molar refractivity (Wildman–Crippen MR) is 129 cm³/mol. The molecule has 2 heterocycles. The molecule has 0 aliphatic carbocycles. The summed E-state index contributed by atoms with van der Waals surface area (Å²) in [6, 6.07) is 18.9. The molecule has 34 heavy (non-hydrogen) atoms. The summed E-state index contributed by atoms with van der Waals surface area (Å²) in [5.41, 5.74) is 3.77. The highest BCUT2D eigenvalue weighted by atomic mass is 32.2. The summed E-state index contributed by atoms with van der Waals surface area (Å²) in [7, 11) is -3.66. The predicted octanol–water partition coefficient (Wildman–Crippen LogP) is 3.16. The lowest BCUT2D eigenvalue weighted by atomic mass is 10.1. The molecular weight excluding hydrogens is 452 g/mol. The quantitative estimate of drug-likeness (QED) is 0.443. The normalized spacial score (nSPS) is 14.3. The average molecular weight is 477 g/mol. The van der Waals surface area contributed by atoms with Crippen molar-refractivity contribution in [3.05, 3.63) is 84.2 Å². The Hall–Kier alpha value is -3.69. The number of nitrogens with zero attached hydrogens (tertiary/aromatic N) is 2. The van der Waals surface area contributed by atoms with E-state index < -0.39 is 9.84 Å². The number of carbonyl (C=O) groups excluding carboxylic acids is 1. The van der Waals surface area contributed by atoms with Crippen LogP contribution in [-0.4, -0.2) is 50.6 Å². The second kappa shape index (κ2) is 9.28. The van der Waals surface area contributed by atoms with E-state index in [0.29, 0.717) is 18.8 Å². The van der Waals surface area contributed by atoms with Crippen LogP contribution >= 0.6 is 0 Å². The molecule has 0 spiro atoms. The number of benzene rings is 3. The number of imidazole rings is 1. The van der Waals surface area contributed by atoms with Crippen LogP contribution in [0.25, 0.3) is 11.0 Å². The Balaban J connectivity index is 1.27. The number of carbonyl (C=O) groups is 1. The molecule has 3 aromatic carbocycles. The van der Waals surface area contributed by atoms with Crippen LogP contribution in [0.1, 0.15) is 15.9 Å². The van der Waals surface area contributed by atoms with Gasteiger partial charge in [0.25, 0.3) is 5.91 Å². The molecule has 174 valence electrons. The molecule has 0 radical (unpaired) electrons. The van der Waals surface area contributed by atoms with Crippen molar-refractivity contribution < 1.29 is 17.9 Å². The number of sulfone groups is 1. The van der Waals surface area contributed by atoms with Gasteiger partial charge in [0.05, 0.1) is 40.4 Å². The summed E-state index contributed by atoms with van der Waals surface area (Å²) in [4.78, 5) is 22.3. The molecule has 1 amide bonds. The molecule has 8 nitrogen and oxygen atoms in total. The zero-order chi connectivity index (χ0) is 23.5. The van der Waals surface area contributed by atoms with Gasteiger partial charge >= 0.3 is 0 Å². The standard InChI is InChI=1S/C25H24N4O4S/c30-25(19-6-9-23-24(14-19)28-17-27-23)26-16-18-4-7-21(8-5-18)34(31,32)22-3-1-2-20(15-22)29-10-12-33-13-11-29/h1-9,14-15,17H,10-13,16H2,(H,26,30)(H,27,28). The van der Waals surface area contributed by atoms with E-state index in [2.05, 4.69) is 20.2 Å². The van der Waals surface area contributed by atoms with Crippen molar-refractivity contribution in [2.75, 3.05) is 31.2 Å². The van der Waals surface area contributed by atoms with Gasteiger partial charge in [-0.2, -0.15) is 0 Å². The smallest absolute Gasteiger partial charge is 0.251 e. The highest BCUT2D eigenvalue weighted by Gasteiger charge is 2.20. The number of ether oxygens (including phenoxy) is 1. The van der Waals surface area contributed by atoms with E-state index in [4.69, 9.17) is 4.74 Å². The van der Waals surface area contributed by atoms with E-state index in [1.807, 2.05) is 12.1 Å². The minimum atomic E-state index is -3.66. The van der Waals surface area contributed by atoms with Crippen LogP contribution in [-0.2, 0) is 21.1 Å². The zero-order valence-electron chi connectivity index (χ0n) is 18.4. The number of morpholine rings is 1. The molecule has 5 rings (SSSR count). The third-order valence-corrected chi connectivity index (χ3v) is 7.64. The second-order valence-corrected chi connectivity index (χ2v) is 10.0. The van der Waals surface area contributed by atoms with Crippen LogP contribution < -0.4 is 10.2 Å². The number of hydrogen-bond donors (Lipinski definition) is 2. The summed E-state index contributed by atoms with van der Waals surface area (Å²) < 4.78 is 31.8. The topological polar surface area (TPSA) is 104 Å². The summed E-state index contributed by atoms with van der Waals surface area (Å²) in [5.74, 6) is -0.221. The first-order valence-corrected chi connectivity index (χ1v) is 12.5. The van der Waals surface area contributed by atoms with Crippen molar-refractivity contribution in [2.24, 2.45) is 0 Å². The number of hydrogen-bond acceptors (Lipinski definition) is 6. The Morgan fingerprint density at radius 1 is 1.00 bits per heavy atom. The van der Waals surface area contributed by atoms with Gasteiger partial charge in [-0.3, -0.25) is 4.79 Å². The van der Waals surface area contributed by atoms with E-state index in [0.717, 1.165) is 35.4 Å². The maximum atomic E-state index is 13.2. The SMILES string of the molecule is O=C(NCc1ccc(S(=O)(=O)c2cccc(N3CCOCC3)c2)cc1)c1ccc2[nH]cnc2c1. The lowest BCUT2D eigenvalue weighted by molar-refractivity contribution is 0.0951. The van der Waals surface area contributed by atoms with Gasteiger partial charge in [0.1, 0.15) is 0 Å². The first kappa shape index (κ1) is 22.1. The van der Waals surface area contributed by atoms with Gasteiger partial charge in [-0.15, -0.1) is 0 Å². The Labute approximate surface area is 197 Å². The molecule has 1 aliphatic rings. The molecule has 0 atom stereocenters. The molecule has 0 bridgehead atoms. The van der Waals surface area contributed by atoms with Crippen LogP contribution in [0.4, 0.5) is 5.69 Å². The van der Waals surface area contributed by atoms with Crippen molar-refractivity contribution in [3.8, 4) is 0 Å². The van der Waals surface area contributed by atoms with Crippen molar-refractivity contribution in [1.82, 2.24) is 15.3 Å². The summed E-state index contributed by atoms with van der Waals surface area (Å²) in [5, 5.41) is 2.86. The van der Waals surface area contributed by atoms with Gasteiger partial charge in [0.15, 0.2) is 0 Å². The van der Waals surface area contributed by atoms with Crippen molar-refractivity contribution in [2.45, 2.75) is 16.3 Å². The highest BCUT2D eigenvalue weighted by Crippen LogP contribution is 2.26. The van der Waals surface area contributed by atoms with Crippen LogP contribution in [0.3, 0.4) is 0 Å². The Morgan fingerprint density at radius 2 is 1.79 bits per heavy atom. The largest absolute Gasteiger partial charge is 0.378 e. The molecule has 1 fully saturated rings. The van der Waals surface area contributed by atoms with Crippen molar-refractivity contribution in [1.29, 1.82) is 0 Å². The molecule has 1 aliphatic heterocycles. The molecule has 1 aromatic heterocycles. The summed E-state index contributed by atoms with van der Waals surface area (Å²) in [6.07, 6.45) is 1.58. The van der Waals surface area contributed by atoms with Gasteiger partial charge in [0, 0.05) is 30.9 Å². The van der Waals surface area contributed by atoms with E-state index in [1.54, 1.807) is 60.9 Å². The molecule has 9 heteroatoms. The lowest BCUT2D eigenvalue weighted by Gasteiger charge is -2.29. The average Bonchev–Trinajstić information content (AvgIpc) is 3.36. The van der Waals surface area contributed by atoms with Crippen LogP contribution in [0.5, 0.6) is 0 Å². The van der Waals surface area contributed by atoms with E-state index >= 15 is 0 Å². The molecule has 2 N–H and O–H groups in total. The second-order valence-electron chi connectivity index (χ2n) is 8.06. The maximum absolute atomic E-state index is 13.2. The molecule has 4 aromatic rings. The Kier molecular flexibility index (Phi) is 6.04. The van der Waals surface area contributed by atoms with Crippen molar-refractivity contribution >= 4 is 32.5 Å². The van der Waals surface area contributed by atoms with E-state index in [9.17, 15) is 13.2 Å². The first-order chi connectivity index (χ1) is 16.5. The highest BCUT2D eigenvalue weighted by molar-refractivity contribution is 7.91. The number of aromatic amines is 1. The molecule has 1 saturated heterocycles. The lowest BCUT2D eigenvalue weighted by Crippen LogP contribution is -2.36. The molecule has 0 saturated carbocycles. The maximum Gasteiger partial charge on any atom is 0.251 e. The van der Waals surface area contributed by atoms with Crippen LogP contribution in [0.2, 0.25) is 0 Å². The third-order valence-electron chi connectivity index (χ3n) is 5.87. The number of anilines is 1. The van der Waals surface area contributed by atoms with Gasteiger partial charge < -0.3 is 19.9 Å². The van der Waals surface area contributed by atoms with Crippen LogP contribution in [0.15, 0.2) is 82.8 Å². The fourth-order valence-electron chi connectivity index (χ4n) is 3.95. The van der Waals surface area contributed by atoms with Gasteiger partial charge in [-0.1, -0.05) is 18.2 Å². The van der Waals surface area contributed by atoms with E-state index in [-0.39, 0.29) is 22.2 Å². The van der Waals surface area contributed by atoms with Crippen molar-refractivity contribution in [3.63, 3.8) is 0 Å². The zero-order valence-corrected chi connectivity index (χ0v) is 19.2. The third kappa shape index (κ3) is 4.52. The monoisotopic (exact) mass is 476 g/mol. The number of nitrogens with one attached hydrogen (secondary N) is 2. The van der Waals surface area contributed by atoms with Gasteiger partial charge in [-0.05, 0) is 54.1 Å². The number of fused-ring (bicyclic) bond motifs is 1. The minimum Gasteiger partial charge on any atom is -0.378 e. The number of rotatable bonds is 6. The van der Waals surface area contributed by atoms with Gasteiger partial charge in [-0.25, -0.2) is 13.4 Å². The molecular formula is C25H24N4O4S. The fourth-order valence-corrected chi connectivity index (χ4v) is 5.25.